The van der Waals surface area contributed by atoms with Crippen LogP contribution in [0, 0.1) is 0 Å². The predicted molar refractivity (Wildman–Crippen MR) is 180 cm³/mol. The number of hydrogen-bond acceptors (Lipinski definition) is 1. The van der Waals surface area contributed by atoms with Gasteiger partial charge in [-0.2, -0.15) is 0 Å². The van der Waals surface area contributed by atoms with E-state index in [0.717, 1.165) is 0 Å². The molecule has 0 aliphatic heterocycles. The summed E-state index contributed by atoms with van der Waals surface area (Å²) in [5.74, 6) is 0. The maximum absolute atomic E-state index is 9.75. The molecule has 0 saturated carbocycles. The maximum atomic E-state index is 9.75. The summed E-state index contributed by atoms with van der Waals surface area (Å²) in [4.78, 5) is 0. The van der Waals surface area contributed by atoms with Crippen molar-refractivity contribution in [1.82, 2.24) is 0 Å². The highest BCUT2D eigenvalue weighted by Gasteiger charge is 2.19. The van der Waals surface area contributed by atoms with Gasteiger partial charge in [0, 0.05) is 20.2 Å². The fourth-order valence-electron chi connectivity index (χ4n) is 5.21. The molecule has 1 heterocycles. The lowest BCUT2D eigenvalue weighted by molar-refractivity contribution is 1.70. The highest BCUT2D eigenvalue weighted by Crippen LogP contribution is 2.47. The molecular formula is C40H24S. The van der Waals surface area contributed by atoms with Gasteiger partial charge in [0.2, 0.25) is 0 Å². The third-order valence-electron chi connectivity index (χ3n) is 6.89. The summed E-state index contributed by atoms with van der Waals surface area (Å²) in [7, 11) is 0. The average molecular weight is 561 g/mol. The first-order chi connectivity index (χ1) is 30.3. The number of thiophene rings is 1. The van der Waals surface area contributed by atoms with E-state index in [4.69, 9.17) is 20.6 Å². The molecule has 0 unspecified atom stereocenters. The number of benzene rings is 8. The largest absolute Gasteiger partial charge is 0.135 e. The standard InChI is InChI=1S/C40H24S/c1-2-12-27-25(11-1)23-36(29-14-4-3-13-28(27)29)40-33-18-7-5-16-31(33)39(32-17-6-8-19-34(32)40)26-21-22-38-35(24-26)30-15-9-10-20-37(30)41-38/h1-24H/i1D,2D,3D,4D,5D,6D,7D,8D,9D,10D,11D,12D,13D,14D,15D,16D,17D,18D,19D,20D,21D,22D,23D,24D. The van der Waals surface area contributed by atoms with Crippen molar-refractivity contribution in [1.29, 1.82) is 0 Å². The van der Waals surface area contributed by atoms with E-state index in [-0.39, 0.29) is 20.2 Å². The molecule has 0 spiro atoms. The molecule has 8 aromatic carbocycles. The first-order valence-electron chi connectivity index (χ1n) is 24.2. The van der Waals surface area contributed by atoms with Crippen LogP contribution >= 0.6 is 11.3 Å². The normalized spacial score (nSPS) is 20.1. The van der Waals surface area contributed by atoms with Gasteiger partial charge in [0.15, 0.2) is 0 Å². The van der Waals surface area contributed by atoms with Crippen LogP contribution in [0.15, 0.2) is 145 Å². The molecule has 0 bridgehead atoms. The SMILES string of the molecule is [2H]c1c([2H])c([2H])c2c(sc3c([2H])c([2H])c(-c4c5c([2H])c([2H])c([2H])c([2H])c5c(-c5c([2H])c6c([2H])c([2H])c([2H])c([2H])c6c6c([2H])c([2H])c([2H])c([2H])c56)c5c([2H])c([2H])c([2H])c([2H])c45)c([2H])c32)c1[2H]. The lowest BCUT2D eigenvalue weighted by Gasteiger charge is -2.19. The van der Waals surface area contributed by atoms with Gasteiger partial charge in [-0.25, -0.2) is 0 Å². The quantitative estimate of drug-likeness (QED) is 0.146. The molecule has 1 aromatic heterocycles. The summed E-state index contributed by atoms with van der Waals surface area (Å²) >= 11 is 0.705. The van der Waals surface area contributed by atoms with E-state index in [1.54, 1.807) is 0 Å². The lowest BCUT2D eigenvalue weighted by atomic mass is 9.83. The third-order valence-corrected chi connectivity index (χ3v) is 7.91. The van der Waals surface area contributed by atoms with E-state index in [9.17, 15) is 12.3 Å². The Kier molecular flexibility index (Phi) is 2.04. The van der Waals surface area contributed by atoms with Gasteiger partial charge in [0.05, 0.1) is 32.9 Å². The van der Waals surface area contributed by atoms with E-state index < -0.39 is 210 Å². The Hall–Kier alpha value is -4.98. The smallest absolute Gasteiger partial charge is 0.0638 e. The van der Waals surface area contributed by atoms with Crippen LogP contribution in [0.25, 0.3) is 85.5 Å². The van der Waals surface area contributed by atoms with Crippen LogP contribution in [0.3, 0.4) is 0 Å². The highest BCUT2D eigenvalue weighted by atomic mass is 32.1. The average Bonchev–Trinajstić information content (AvgIpc) is 3.69. The van der Waals surface area contributed by atoms with Crippen LogP contribution in [0.2, 0.25) is 0 Å². The molecule has 0 aliphatic carbocycles. The van der Waals surface area contributed by atoms with Crippen molar-refractivity contribution in [2.24, 2.45) is 0 Å². The number of rotatable bonds is 2. The van der Waals surface area contributed by atoms with Crippen LogP contribution in [0.5, 0.6) is 0 Å². The van der Waals surface area contributed by atoms with Crippen LogP contribution in [0.1, 0.15) is 32.9 Å². The first kappa shape index (κ1) is 9.55. The minimum Gasteiger partial charge on any atom is -0.135 e. The van der Waals surface area contributed by atoms with E-state index in [1.807, 2.05) is 0 Å². The lowest BCUT2D eigenvalue weighted by Crippen LogP contribution is -1.92. The van der Waals surface area contributed by atoms with E-state index in [1.165, 1.54) is 0 Å². The van der Waals surface area contributed by atoms with E-state index in [0.29, 0.717) is 11.3 Å². The molecule has 0 aliphatic rings. The Morgan fingerprint density at radius 3 is 1.59 bits per heavy atom. The Balaban J connectivity index is 1.70. The number of fused-ring (bicyclic) bond motifs is 8. The summed E-state index contributed by atoms with van der Waals surface area (Å²) in [6.45, 7) is 0. The summed E-state index contributed by atoms with van der Waals surface area (Å²) in [6.07, 6.45) is 0. The minimum atomic E-state index is -0.941. The van der Waals surface area contributed by atoms with Gasteiger partial charge in [0.25, 0.3) is 0 Å². The molecule has 1 heteroatoms. The Bertz CT molecular complexity index is 3740. The molecule has 0 N–H and O–H groups in total. The second-order valence-corrected chi connectivity index (χ2v) is 10.0. The number of hydrogen-bond donors (Lipinski definition) is 0. The van der Waals surface area contributed by atoms with Crippen molar-refractivity contribution in [2.75, 3.05) is 0 Å². The van der Waals surface area contributed by atoms with E-state index >= 15 is 0 Å². The molecule has 190 valence electrons. The summed E-state index contributed by atoms with van der Waals surface area (Å²) in [5, 5.41) is -5.35. The second-order valence-electron chi connectivity index (χ2n) is 9.01. The van der Waals surface area contributed by atoms with E-state index in [2.05, 4.69) is 0 Å². The molecule has 0 amide bonds. The van der Waals surface area contributed by atoms with Gasteiger partial charge in [0.1, 0.15) is 0 Å². The summed E-state index contributed by atoms with van der Waals surface area (Å²) in [6, 6.07) is -19.7. The zero-order valence-corrected chi connectivity index (χ0v) is 21.2. The van der Waals surface area contributed by atoms with Gasteiger partial charge in [-0.3, -0.25) is 0 Å². The van der Waals surface area contributed by atoms with Crippen LogP contribution < -0.4 is 0 Å². The Morgan fingerprint density at radius 2 is 0.878 bits per heavy atom. The van der Waals surface area contributed by atoms with Gasteiger partial charge in [-0.15, -0.1) is 11.3 Å². The molecule has 0 nitrogen and oxygen atoms in total. The van der Waals surface area contributed by atoms with Gasteiger partial charge >= 0.3 is 0 Å². The monoisotopic (exact) mass is 560 g/mol. The first-order valence-corrected chi connectivity index (χ1v) is 13.0. The highest BCUT2D eigenvalue weighted by molar-refractivity contribution is 7.25. The molecule has 0 saturated heterocycles. The van der Waals surface area contributed by atoms with Crippen molar-refractivity contribution < 1.29 is 32.9 Å². The third kappa shape index (κ3) is 3.33. The Morgan fingerprint density at radius 1 is 0.366 bits per heavy atom. The van der Waals surface area contributed by atoms with Crippen LogP contribution in [-0.4, -0.2) is 0 Å². The molecule has 0 atom stereocenters. The van der Waals surface area contributed by atoms with Gasteiger partial charge in [-0.05, 0) is 89.5 Å². The van der Waals surface area contributed by atoms with Crippen LogP contribution in [0.4, 0.5) is 0 Å². The molecule has 0 fully saturated rings. The van der Waals surface area contributed by atoms with Crippen LogP contribution in [-0.2, 0) is 0 Å². The fourth-order valence-corrected chi connectivity index (χ4v) is 6.13. The zero-order valence-electron chi connectivity index (χ0n) is 44.4. The molecule has 9 aromatic rings. The van der Waals surface area contributed by atoms with Crippen molar-refractivity contribution in [3.63, 3.8) is 0 Å². The zero-order chi connectivity index (χ0) is 47.8. The van der Waals surface area contributed by atoms with Crippen molar-refractivity contribution in [3.8, 4) is 22.3 Å². The summed E-state index contributed by atoms with van der Waals surface area (Å²) in [5.41, 5.74) is -2.57. The van der Waals surface area contributed by atoms with Gasteiger partial charge < -0.3 is 0 Å². The van der Waals surface area contributed by atoms with Crippen molar-refractivity contribution in [3.05, 3.63) is 145 Å². The van der Waals surface area contributed by atoms with Crippen molar-refractivity contribution in [2.45, 2.75) is 0 Å². The topological polar surface area (TPSA) is 0 Å². The molecule has 0 radical (unpaired) electrons. The fraction of sp³-hybridized carbons (Fsp3) is 0. The molecule has 41 heavy (non-hydrogen) atoms. The molecule has 9 rings (SSSR count). The van der Waals surface area contributed by atoms with Crippen molar-refractivity contribution >= 4 is 74.6 Å². The van der Waals surface area contributed by atoms with Gasteiger partial charge in [-0.1, -0.05) is 121 Å². The minimum absolute atomic E-state index is 0.0767. The molecular weight excluding hydrogens is 513 g/mol. The maximum Gasteiger partial charge on any atom is 0.0638 e. The summed E-state index contributed by atoms with van der Waals surface area (Å²) < 4.78 is 215. The predicted octanol–water partition coefficient (Wildman–Crippen LogP) is 12.0. The Labute approximate surface area is 275 Å². The second kappa shape index (κ2) is 8.76.